The summed E-state index contributed by atoms with van der Waals surface area (Å²) in [5, 5.41) is 14.5. The largest absolute Gasteiger partial charge is 0.325 e. The number of carbonyl (C=O) groups excluding carboxylic acids is 2. The van der Waals surface area contributed by atoms with Crippen LogP contribution in [0.4, 0.5) is 5.69 Å². The number of nitrogens with zero attached hydrogens (tertiary/aromatic N) is 2. The van der Waals surface area contributed by atoms with E-state index in [9.17, 15) is 9.59 Å². The molecule has 144 valence electrons. The minimum atomic E-state index is -0.603. The van der Waals surface area contributed by atoms with Crippen molar-refractivity contribution in [2.24, 2.45) is 10.2 Å². The first-order chi connectivity index (χ1) is 13.4. The van der Waals surface area contributed by atoms with Gasteiger partial charge >= 0.3 is 0 Å². The molecule has 2 N–H and O–H groups in total. The van der Waals surface area contributed by atoms with Crippen LogP contribution in [0.25, 0.3) is 0 Å². The summed E-state index contributed by atoms with van der Waals surface area (Å²) in [4.78, 5) is 24.5. The lowest BCUT2D eigenvalue weighted by atomic mass is 10.1. The molecule has 0 bridgehead atoms. The molecule has 6 nitrogen and oxygen atoms in total. The third kappa shape index (κ3) is 5.58. The van der Waals surface area contributed by atoms with E-state index in [-0.39, 0.29) is 23.4 Å². The molecule has 1 fully saturated rings. The fourth-order valence-electron chi connectivity index (χ4n) is 2.36. The van der Waals surface area contributed by atoms with Gasteiger partial charge in [0.05, 0.1) is 5.71 Å². The molecular weight excluding hydrogens is 419 g/mol. The molecule has 1 aliphatic heterocycles. The van der Waals surface area contributed by atoms with Crippen molar-refractivity contribution in [1.29, 1.82) is 0 Å². The van der Waals surface area contributed by atoms with E-state index in [1.165, 1.54) is 0 Å². The Labute approximate surface area is 176 Å². The van der Waals surface area contributed by atoms with Gasteiger partial charge in [-0.15, -0.1) is 5.10 Å². The zero-order valence-electron chi connectivity index (χ0n) is 14.8. The molecule has 0 radical (unpaired) electrons. The minimum Gasteiger partial charge on any atom is -0.325 e. The maximum atomic E-state index is 12.5. The Morgan fingerprint density at radius 1 is 1.11 bits per heavy atom. The van der Waals surface area contributed by atoms with Gasteiger partial charge in [-0.25, -0.2) is 0 Å². The van der Waals surface area contributed by atoms with E-state index in [0.29, 0.717) is 21.4 Å². The van der Waals surface area contributed by atoms with Crippen molar-refractivity contribution in [3.8, 4) is 0 Å². The number of amidine groups is 1. The van der Waals surface area contributed by atoms with Crippen LogP contribution in [0, 0.1) is 0 Å². The topological polar surface area (TPSA) is 82.9 Å². The van der Waals surface area contributed by atoms with Crippen LogP contribution in [0.2, 0.25) is 10.0 Å². The first kappa shape index (κ1) is 20.4. The van der Waals surface area contributed by atoms with Gasteiger partial charge in [0, 0.05) is 22.2 Å². The number of nitrogens with one attached hydrogen (secondary N) is 2. The number of anilines is 1. The second-order valence-electron chi connectivity index (χ2n) is 5.95. The molecule has 1 atom stereocenters. The molecule has 28 heavy (non-hydrogen) atoms. The molecule has 0 saturated carbocycles. The summed E-state index contributed by atoms with van der Waals surface area (Å²) in [6.45, 7) is 1.80. The van der Waals surface area contributed by atoms with Gasteiger partial charge in [-0.05, 0) is 48.9 Å². The van der Waals surface area contributed by atoms with Crippen LogP contribution < -0.4 is 10.6 Å². The van der Waals surface area contributed by atoms with E-state index in [2.05, 4.69) is 20.8 Å². The number of thioether (sulfide) groups is 1. The minimum absolute atomic E-state index is 0.0585. The van der Waals surface area contributed by atoms with Crippen LogP contribution in [-0.2, 0) is 9.59 Å². The van der Waals surface area contributed by atoms with E-state index in [0.717, 1.165) is 17.3 Å². The van der Waals surface area contributed by atoms with Gasteiger partial charge < -0.3 is 10.6 Å². The van der Waals surface area contributed by atoms with Gasteiger partial charge in [-0.3, -0.25) is 9.59 Å². The number of halogens is 2. The maximum Gasteiger partial charge on any atom is 0.238 e. The predicted octanol–water partition coefficient (Wildman–Crippen LogP) is 4.33. The Balaban J connectivity index is 1.69. The summed E-state index contributed by atoms with van der Waals surface area (Å²) >= 11 is 12.9. The monoisotopic (exact) mass is 434 g/mol. The molecule has 0 spiro atoms. The van der Waals surface area contributed by atoms with Gasteiger partial charge in [0.25, 0.3) is 0 Å². The summed E-state index contributed by atoms with van der Waals surface area (Å²) in [6.07, 6.45) is 0.0585. The second kappa shape index (κ2) is 9.23. The standard InChI is InChI=1S/C19H16Cl2N4O2S/c1-11(12-2-4-13(20)5-3-12)24-25-19-23-17(26)10-16(28-19)18(27)22-15-8-6-14(21)7-9-15/h2-9,16H,10H2,1H3,(H,22,27)(H,23,25,26). The quantitative estimate of drug-likeness (QED) is 0.554. The zero-order valence-corrected chi connectivity index (χ0v) is 17.1. The maximum absolute atomic E-state index is 12.5. The number of hydrogen-bond donors (Lipinski definition) is 2. The van der Waals surface area contributed by atoms with Crippen LogP contribution in [-0.4, -0.2) is 27.9 Å². The molecule has 2 aromatic carbocycles. The van der Waals surface area contributed by atoms with Crippen LogP contribution in [0.15, 0.2) is 58.7 Å². The van der Waals surface area contributed by atoms with Crippen LogP contribution >= 0.6 is 35.0 Å². The molecule has 9 heteroatoms. The predicted molar refractivity (Wildman–Crippen MR) is 115 cm³/mol. The molecule has 3 rings (SSSR count). The first-order valence-corrected chi connectivity index (χ1v) is 9.95. The van der Waals surface area contributed by atoms with E-state index in [1.807, 2.05) is 12.1 Å². The smallest absolute Gasteiger partial charge is 0.238 e. The molecule has 0 aromatic heterocycles. The average Bonchev–Trinajstić information content (AvgIpc) is 2.68. The summed E-state index contributed by atoms with van der Waals surface area (Å²) in [6, 6.07) is 13.9. The molecule has 1 saturated heterocycles. The number of rotatable bonds is 4. The molecule has 1 aliphatic rings. The molecule has 2 aromatic rings. The van der Waals surface area contributed by atoms with Crippen molar-refractivity contribution in [2.45, 2.75) is 18.6 Å². The average molecular weight is 435 g/mol. The van der Waals surface area contributed by atoms with Gasteiger partial charge in [-0.2, -0.15) is 5.10 Å². The summed E-state index contributed by atoms with van der Waals surface area (Å²) in [5.41, 5.74) is 2.13. The van der Waals surface area contributed by atoms with Crippen molar-refractivity contribution >= 4 is 63.3 Å². The summed E-state index contributed by atoms with van der Waals surface area (Å²) < 4.78 is 0. The van der Waals surface area contributed by atoms with Crippen molar-refractivity contribution < 1.29 is 9.59 Å². The molecule has 2 amide bonds. The normalized spacial score (nSPS) is 18.7. The second-order valence-corrected chi connectivity index (χ2v) is 8.02. The Kier molecular flexibility index (Phi) is 6.72. The third-order valence-corrected chi connectivity index (χ3v) is 5.40. The summed E-state index contributed by atoms with van der Waals surface area (Å²) in [5.74, 6) is -0.568. The number of carbonyl (C=O) groups is 2. The van der Waals surface area contributed by atoms with Gasteiger partial charge in [0.2, 0.25) is 11.8 Å². The van der Waals surface area contributed by atoms with Crippen molar-refractivity contribution in [2.75, 3.05) is 5.32 Å². The fourth-order valence-corrected chi connectivity index (χ4v) is 3.55. The van der Waals surface area contributed by atoms with E-state index in [1.54, 1.807) is 43.3 Å². The highest BCUT2D eigenvalue weighted by Crippen LogP contribution is 2.23. The number of benzene rings is 2. The van der Waals surface area contributed by atoms with Gasteiger partial charge in [0.15, 0.2) is 5.17 Å². The SMILES string of the molecule is CC(=N/N=C1\NC(=O)CC(C(=O)Nc2ccc(Cl)cc2)S1)c1ccc(Cl)cc1. The lowest BCUT2D eigenvalue weighted by molar-refractivity contribution is -0.123. The van der Waals surface area contributed by atoms with Crippen molar-refractivity contribution in [3.05, 3.63) is 64.1 Å². The lowest BCUT2D eigenvalue weighted by Crippen LogP contribution is -2.41. The molecule has 1 unspecified atom stereocenters. The highest BCUT2D eigenvalue weighted by atomic mass is 35.5. The third-order valence-electron chi connectivity index (χ3n) is 3.83. The molecule has 0 aliphatic carbocycles. The van der Waals surface area contributed by atoms with Crippen LogP contribution in [0.3, 0.4) is 0 Å². The van der Waals surface area contributed by atoms with Crippen LogP contribution in [0.5, 0.6) is 0 Å². The van der Waals surface area contributed by atoms with Crippen molar-refractivity contribution in [3.63, 3.8) is 0 Å². The van der Waals surface area contributed by atoms with Crippen molar-refractivity contribution in [1.82, 2.24) is 5.32 Å². The Hall–Kier alpha value is -2.35. The fraction of sp³-hybridized carbons (Fsp3) is 0.158. The number of hydrogen-bond acceptors (Lipinski definition) is 5. The number of amides is 2. The van der Waals surface area contributed by atoms with Gasteiger partial charge in [0.1, 0.15) is 5.25 Å². The highest BCUT2D eigenvalue weighted by Gasteiger charge is 2.30. The molecular formula is C19H16Cl2N4O2S. The summed E-state index contributed by atoms with van der Waals surface area (Å²) in [7, 11) is 0. The lowest BCUT2D eigenvalue weighted by Gasteiger charge is -2.21. The van der Waals surface area contributed by atoms with Crippen LogP contribution in [0.1, 0.15) is 18.9 Å². The van der Waals surface area contributed by atoms with E-state index >= 15 is 0 Å². The zero-order chi connectivity index (χ0) is 20.1. The first-order valence-electron chi connectivity index (χ1n) is 8.32. The highest BCUT2D eigenvalue weighted by molar-refractivity contribution is 8.15. The van der Waals surface area contributed by atoms with E-state index in [4.69, 9.17) is 23.2 Å². The Morgan fingerprint density at radius 3 is 2.36 bits per heavy atom. The molecule has 1 heterocycles. The van der Waals surface area contributed by atoms with E-state index < -0.39 is 5.25 Å². The Morgan fingerprint density at radius 2 is 1.71 bits per heavy atom. The Bertz CT molecular complexity index is 943. The van der Waals surface area contributed by atoms with Gasteiger partial charge in [-0.1, -0.05) is 47.1 Å².